The average molecular weight is 285 g/mol. The van der Waals surface area contributed by atoms with Crippen LogP contribution in [0.5, 0.6) is 0 Å². The summed E-state index contributed by atoms with van der Waals surface area (Å²) in [4.78, 5) is 0. The second-order valence-corrected chi connectivity index (χ2v) is 5.80. The first-order valence-corrected chi connectivity index (χ1v) is 7.29. The van der Waals surface area contributed by atoms with Crippen LogP contribution in [0.1, 0.15) is 18.0 Å². The minimum atomic E-state index is -1.83. The maximum Gasteiger partial charge on any atom is 0.337 e. The summed E-state index contributed by atoms with van der Waals surface area (Å²) in [7, 11) is 0. The van der Waals surface area contributed by atoms with E-state index in [0.717, 1.165) is 5.56 Å². The molecule has 7 heteroatoms. The summed E-state index contributed by atoms with van der Waals surface area (Å²) in [5, 5.41) is 8.38. The standard InChI is InChI=1S/C12H13F2N3OS/c13-7-19(18)12-15-11-9(14)6-10(17(11)16-12)8-4-2-1-3-5-8/h1-5,9-11H,6-7H2,(H,15,16)/t9-,10-,11+,19-/m0/s1. The van der Waals surface area contributed by atoms with Gasteiger partial charge >= 0.3 is 5.17 Å². The third kappa shape index (κ3) is 2.17. The van der Waals surface area contributed by atoms with E-state index >= 15 is 0 Å². The quantitative estimate of drug-likeness (QED) is 0.841. The summed E-state index contributed by atoms with van der Waals surface area (Å²) in [6, 6.07) is 8.23. The van der Waals surface area contributed by atoms with Gasteiger partial charge in [0.15, 0.2) is 6.17 Å². The molecule has 3 rings (SSSR count). The van der Waals surface area contributed by atoms with Crippen LogP contribution in [0.4, 0.5) is 8.78 Å². The van der Waals surface area contributed by atoms with Crippen molar-refractivity contribution >= 4 is 16.3 Å². The Labute approximate surface area is 112 Å². The number of hydrogen-bond acceptors (Lipinski definition) is 4. The van der Waals surface area contributed by atoms with E-state index in [9.17, 15) is 13.3 Å². The predicted molar refractivity (Wildman–Crippen MR) is 69.0 cm³/mol. The second kappa shape index (κ2) is 4.97. The van der Waals surface area contributed by atoms with Crippen LogP contribution in [-0.2, 0) is 11.2 Å². The largest absolute Gasteiger partial charge is 0.607 e. The van der Waals surface area contributed by atoms with E-state index in [-0.39, 0.29) is 11.2 Å². The zero-order valence-corrected chi connectivity index (χ0v) is 10.8. The van der Waals surface area contributed by atoms with Crippen molar-refractivity contribution in [2.24, 2.45) is 5.10 Å². The molecule has 2 aliphatic rings. The van der Waals surface area contributed by atoms with Crippen molar-refractivity contribution in [1.29, 1.82) is 0 Å². The van der Waals surface area contributed by atoms with Gasteiger partial charge in [-0.15, -0.1) is 5.10 Å². The van der Waals surface area contributed by atoms with E-state index in [1.54, 1.807) is 5.01 Å². The molecule has 1 fully saturated rings. The van der Waals surface area contributed by atoms with Crippen LogP contribution in [0.25, 0.3) is 0 Å². The van der Waals surface area contributed by atoms with Crippen LogP contribution in [0.15, 0.2) is 35.4 Å². The van der Waals surface area contributed by atoms with Gasteiger partial charge in [0, 0.05) is 6.42 Å². The van der Waals surface area contributed by atoms with Crippen molar-refractivity contribution in [2.75, 3.05) is 6.01 Å². The zero-order chi connectivity index (χ0) is 13.4. The van der Waals surface area contributed by atoms with Crippen LogP contribution >= 0.6 is 0 Å². The molecule has 4 nitrogen and oxygen atoms in total. The fraction of sp³-hybridized carbons (Fsp3) is 0.417. The number of nitrogens with zero attached hydrogens (tertiary/aromatic N) is 2. The van der Waals surface area contributed by atoms with E-state index < -0.39 is 29.5 Å². The minimum absolute atomic E-state index is 0.0239. The molecule has 0 bridgehead atoms. The van der Waals surface area contributed by atoms with Gasteiger partial charge in [-0.2, -0.15) is 4.39 Å². The van der Waals surface area contributed by atoms with E-state index in [4.69, 9.17) is 0 Å². The summed E-state index contributed by atoms with van der Waals surface area (Å²) in [5.41, 5.74) is 0.950. The number of benzene rings is 1. The molecule has 19 heavy (non-hydrogen) atoms. The molecule has 1 aromatic carbocycles. The Bertz CT molecular complexity index is 487. The highest BCUT2D eigenvalue weighted by Crippen LogP contribution is 2.39. The lowest BCUT2D eigenvalue weighted by molar-refractivity contribution is 0.180. The van der Waals surface area contributed by atoms with Crippen molar-refractivity contribution < 1.29 is 13.3 Å². The molecule has 102 valence electrons. The molecule has 0 unspecified atom stereocenters. The Morgan fingerprint density at radius 2 is 2.16 bits per heavy atom. The van der Waals surface area contributed by atoms with Gasteiger partial charge in [0.2, 0.25) is 0 Å². The van der Waals surface area contributed by atoms with Gasteiger partial charge in [0.25, 0.3) is 6.01 Å². The normalized spacial score (nSPS) is 30.8. The Hall–Kier alpha value is -1.34. The van der Waals surface area contributed by atoms with Crippen LogP contribution < -0.4 is 5.32 Å². The topological polar surface area (TPSA) is 50.7 Å². The summed E-state index contributed by atoms with van der Waals surface area (Å²) in [5.74, 6) is 0. The molecule has 0 aromatic heterocycles. The fourth-order valence-corrected chi connectivity index (χ4v) is 3.03. The predicted octanol–water partition coefficient (Wildman–Crippen LogP) is 1.65. The highest BCUT2D eigenvalue weighted by molar-refractivity contribution is 8.06. The zero-order valence-electron chi connectivity index (χ0n) is 10.00. The molecule has 2 heterocycles. The highest BCUT2D eigenvalue weighted by atomic mass is 32.2. The monoisotopic (exact) mass is 285 g/mol. The lowest BCUT2D eigenvalue weighted by Gasteiger charge is -2.20. The minimum Gasteiger partial charge on any atom is -0.607 e. The highest BCUT2D eigenvalue weighted by Gasteiger charge is 2.48. The number of rotatable bonds is 2. The third-order valence-corrected chi connectivity index (χ3v) is 4.20. The number of alkyl halides is 2. The first-order chi connectivity index (χ1) is 9.20. The lowest BCUT2D eigenvalue weighted by atomic mass is 10.1. The smallest absolute Gasteiger partial charge is 0.337 e. The van der Waals surface area contributed by atoms with Crippen molar-refractivity contribution in [3.05, 3.63) is 35.9 Å². The van der Waals surface area contributed by atoms with Crippen LogP contribution in [0, 0.1) is 0 Å². The van der Waals surface area contributed by atoms with E-state index in [0.29, 0.717) is 6.42 Å². The van der Waals surface area contributed by atoms with Crippen LogP contribution in [-0.4, -0.2) is 33.1 Å². The molecule has 0 aliphatic carbocycles. The van der Waals surface area contributed by atoms with Crippen molar-refractivity contribution in [3.63, 3.8) is 0 Å². The van der Waals surface area contributed by atoms with Crippen molar-refractivity contribution in [2.45, 2.75) is 24.8 Å². The van der Waals surface area contributed by atoms with Gasteiger partial charge in [-0.3, -0.25) is 5.01 Å². The number of halogens is 2. The Morgan fingerprint density at radius 1 is 1.42 bits per heavy atom. The first-order valence-electron chi connectivity index (χ1n) is 5.97. The summed E-state index contributed by atoms with van der Waals surface area (Å²) >= 11 is -1.83. The van der Waals surface area contributed by atoms with Crippen molar-refractivity contribution in [3.8, 4) is 0 Å². The van der Waals surface area contributed by atoms with E-state index in [1.165, 1.54) is 0 Å². The van der Waals surface area contributed by atoms with Gasteiger partial charge in [-0.1, -0.05) is 30.3 Å². The van der Waals surface area contributed by atoms with Crippen LogP contribution in [0.3, 0.4) is 0 Å². The molecule has 0 spiro atoms. The Balaban J connectivity index is 1.87. The molecular formula is C12H13F2N3OS. The summed E-state index contributed by atoms with van der Waals surface area (Å²) in [6.45, 7) is 0. The summed E-state index contributed by atoms with van der Waals surface area (Å²) < 4.78 is 37.8. The third-order valence-electron chi connectivity index (χ3n) is 3.37. The number of fused-ring (bicyclic) bond motifs is 1. The van der Waals surface area contributed by atoms with Crippen molar-refractivity contribution in [1.82, 2.24) is 10.3 Å². The molecular weight excluding hydrogens is 272 g/mol. The molecule has 1 aromatic rings. The van der Waals surface area contributed by atoms with Gasteiger partial charge in [-0.05, 0) is 5.56 Å². The Morgan fingerprint density at radius 3 is 2.84 bits per heavy atom. The number of hydrogen-bond donors (Lipinski definition) is 1. The molecule has 0 radical (unpaired) electrons. The molecule has 1 N–H and O–H groups in total. The number of amidine groups is 1. The molecule has 2 aliphatic heterocycles. The fourth-order valence-electron chi connectivity index (χ4n) is 2.49. The molecule has 1 saturated heterocycles. The van der Waals surface area contributed by atoms with E-state index in [2.05, 4.69) is 10.4 Å². The maximum atomic E-state index is 14.0. The number of hydrazone groups is 1. The van der Waals surface area contributed by atoms with Crippen LogP contribution in [0.2, 0.25) is 0 Å². The van der Waals surface area contributed by atoms with Gasteiger partial charge in [0.1, 0.15) is 6.17 Å². The lowest BCUT2D eigenvalue weighted by Crippen LogP contribution is -2.41. The average Bonchev–Trinajstić information content (AvgIpc) is 3.00. The maximum absolute atomic E-state index is 14.0. The summed E-state index contributed by atoms with van der Waals surface area (Å²) in [6.07, 6.45) is -1.44. The number of nitrogens with one attached hydrogen (secondary N) is 1. The van der Waals surface area contributed by atoms with Gasteiger partial charge in [-0.25, -0.2) is 4.39 Å². The Kier molecular flexibility index (Phi) is 3.32. The molecule has 4 atom stereocenters. The second-order valence-electron chi connectivity index (χ2n) is 4.51. The van der Waals surface area contributed by atoms with E-state index in [1.807, 2.05) is 30.3 Å². The molecule has 0 amide bonds. The molecule has 0 saturated carbocycles. The van der Waals surface area contributed by atoms with Gasteiger partial charge < -0.3 is 9.87 Å². The SMILES string of the molecule is [O-][S@@+](CF)C1=NN2[C@H](c3ccccc3)C[C@H](F)[C@@H]2N1. The first kappa shape index (κ1) is 12.7. The van der Waals surface area contributed by atoms with Gasteiger partial charge in [0.05, 0.1) is 17.2 Å².